The number of fused-ring (bicyclic) bond motifs is 1. The number of amides is 1. The smallest absolute Gasteiger partial charge is 0.258 e. The van der Waals surface area contributed by atoms with Crippen molar-refractivity contribution in [1.29, 1.82) is 0 Å². The summed E-state index contributed by atoms with van der Waals surface area (Å²) >= 11 is 0. The van der Waals surface area contributed by atoms with Crippen LogP contribution >= 0.6 is 0 Å². The second-order valence-corrected chi connectivity index (χ2v) is 7.16. The van der Waals surface area contributed by atoms with Crippen molar-refractivity contribution in [2.75, 3.05) is 22.9 Å². The van der Waals surface area contributed by atoms with E-state index in [1.54, 1.807) is 11.0 Å². The Morgan fingerprint density at radius 1 is 1.00 bits per heavy atom. The molecule has 1 saturated carbocycles. The molecule has 1 aliphatic carbocycles. The van der Waals surface area contributed by atoms with Gasteiger partial charge >= 0.3 is 0 Å². The fourth-order valence-corrected chi connectivity index (χ4v) is 3.77. The zero-order valence-electron chi connectivity index (χ0n) is 15.0. The molecular formula is C21H21N5O. The summed E-state index contributed by atoms with van der Waals surface area (Å²) in [5.74, 6) is 0.0604. The highest BCUT2D eigenvalue weighted by Crippen LogP contribution is 2.40. The van der Waals surface area contributed by atoms with Gasteiger partial charge in [0.05, 0.1) is 17.9 Å². The summed E-state index contributed by atoms with van der Waals surface area (Å²) in [5.41, 5.74) is 4.01. The van der Waals surface area contributed by atoms with E-state index in [0.29, 0.717) is 18.2 Å². The van der Waals surface area contributed by atoms with Crippen molar-refractivity contribution in [3.05, 3.63) is 72.3 Å². The van der Waals surface area contributed by atoms with Gasteiger partial charge in [-0.2, -0.15) is 5.10 Å². The number of rotatable bonds is 4. The van der Waals surface area contributed by atoms with Crippen LogP contribution in [-0.4, -0.2) is 39.8 Å². The van der Waals surface area contributed by atoms with E-state index in [4.69, 9.17) is 0 Å². The molecule has 0 spiro atoms. The fourth-order valence-electron chi connectivity index (χ4n) is 3.77. The fraction of sp³-hybridized carbons (Fsp3) is 0.286. The summed E-state index contributed by atoms with van der Waals surface area (Å²) in [4.78, 5) is 21.5. The first-order valence-corrected chi connectivity index (χ1v) is 9.38. The van der Waals surface area contributed by atoms with Crippen LogP contribution in [0.5, 0.6) is 0 Å². The molecule has 1 amide bonds. The monoisotopic (exact) mass is 359 g/mol. The standard InChI is InChI=1S/C21H21N5O/c27-21(17-7-5-16(6-8-17)13-24-15-22-14-23-24)26-12-11-25(18-9-10-18)19-3-1-2-4-20(19)26/h1-8,14-15,18H,9-13H2. The number of nitrogens with zero attached hydrogens (tertiary/aromatic N) is 5. The minimum absolute atomic E-state index is 0.0604. The van der Waals surface area contributed by atoms with Gasteiger partial charge in [0.15, 0.2) is 0 Å². The highest BCUT2D eigenvalue weighted by Gasteiger charge is 2.35. The van der Waals surface area contributed by atoms with Gasteiger partial charge in [-0.1, -0.05) is 24.3 Å². The number of carbonyl (C=O) groups excluding carboxylic acids is 1. The number of aromatic nitrogens is 3. The van der Waals surface area contributed by atoms with Crippen molar-refractivity contribution in [2.45, 2.75) is 25.4 Å². The largest absolute Gasteiger partial charge is 0.365 e. The molecule has 2 aromatic carbocycles. The number of anilines is 2. The normalized spacial score (nSPS) is 16.3. The van der Waals surface area contributed by atoms with E-state index in [1.807, 2.05) is 35.2 Å². The Morgan fingerprint density at radius 2 is 1.78 bits per heavy atom. The Balaban J connectivity index is 1.38. The van der Waals surface area contributed by atoms with Crippen molar-refractivity contribution >= 4 is 17.3 Å². The molecule has 1 aromatic heterocycles. The van der Waals surface area contributed by atoms with Gasteiger partial charge in [0.2, 0.25) is 0 Å². The lowest BCUT2D eigenvalue weighted by molar-refractivity contribution is 0.0986. The van der Waals surface area contributed by atoms with Gasteiger partial charge in [-0.15, -0.1) is 0 Å². The minimum atomic E-state index is 0.0604. The third-order valence-corrected chi connectivity index (χ3v) is 5.29. The first-order chi connectivity index (χ1) is 13.3. The van der Waals surface area contributed by atoms with Crippen LogP contribution in [0.3, 0.4) is 0 Å². The van der Waals surface area contributed by atoms with E-state index < -0.39 is 0 Å². The topological polar surface area (TPSA) is 54.3 Å². The summed E-state index contributed by atoms with van der Waals surface area (Å²) < 4.78 is 1.77. The van der Waals surface area contributed by atoms with Crippen LogP contribution in [0.2, 0.25) is 0 Å². The van der Waals surface area contributed by atoms with Gasteiger partial charge in [0.25, 0.3) is 5.91 Å². The van der Waals surface area contributed by atoms with E-state index in [9.17, 15) is 4.79 Å². The average molecular weight is 359 g/mol. The molecule has 0 bridgehead atoms. The molecule has 27 heavy (non-hydrogen) atoms. The summed E-state index contributed by atoms with van der Waals surface area (Å²) in [5, 5.41) is 4.12. The SMILES string of the molecule is O=C(c1ccc(Cn2cncn2)cc1)N1CCN(C2CC2)c2ccccc21. The van der Waals surface area contributed by atoms with Gasteiger partial charge < -0.3 is 9.80 Å². The highest BCUT2D eigenvalue weighted by atomic mass is 16.2. The summed E-state index contributed by atoms with van der Waals surface area (Å²) in [6, 6.07) is 16.7. The molecule has 0 N–H and O–H groups in total. The lowest BCUT2D eigenvalue weighted by Gasteiger charge is -2.38. The first-order valence-electron chi connectivity index (χ1n) is 9.38. The third-order valence-electron chi connectivity index (χ3n) is 5.29. The van der Waals surface area contributed by atoms with E-state index >= 15 is 0 Å². The molecule has 136 valence electrons. The zero-order valence-corrected chi connectivity index (χ0v) is 15.0. The van der Waals surface area contributed by atoms with E-state index in [1.165, 1.54) is 24.9 Å². The second kappa shape index (κ2) is 6.54. The van der Waals surface area contributed by atoms with Gasteiger partial charge in [0.1, 0.15) is 12.7 Å². The summed E-state index contributed by atoms with van der Waals surface area (Å²) in [6.45, 7) is 2.28. The van der Waals surface area contributed by atoms with Gasteiger partial charge in [0, 0.05) is 24.7 Å². The molecule has 1 fully saturated rings. The molecule has 6 heteroatoms. The first kappa shape index (κ1) is 16.1. The van der Waals surface area contributed by atoms with Crippen molar-refractivity contribution < 1.29 is 4.79 Å². The lowest BCUT2D eigenvalue weighted by atomic mass is 10.1. The highest BCUT2D eigenvalue weighted by molar-refractivity contribution is 6.08. The summed E-state index contributed by atoms with van der Waals surface area (Å²) in [6.07, 6.45) is 5.73. The number of carbonyl (C=O) groups is 1. The van der Waals surface area contributed by atoms with Crippen LogP contribution in [0, 0.1) is 0 Å². The molecule has 2 heterocycles. The van der Waals surface area contributed by atoms with Crippen molar-refractivity contribution in [1.82, 2.24) is 14.8 Å². The average Bonchev–Trinajstić information content (AvgIpc) is 3.43. The van der Waals surface area contributed by atoms with Crippen molar-refractivity contribution in [3.63, 3.8) is 0 Å². The maximum atomic E-state index is 13.2. The molecule has 2 aliphatic rings. The molecule has 1 aliphatic heterocycles. The van der Waals surface area contributed by atoms with Crippen LogP contribution in [0.15, 0.2) is 61.2 Å². The van der Waals surface area contributed by atoms with Gasteiger partial charge in [-0.05, 0) is 42.7 Å². The number of benzene rings is 2. The minimum Gasteiger partial charge on any atom is -0.365 e. The van der Waals surface area contributed by atoms with Crippen molar-refractivity contribution in [2.24, 2.45) is 0 Å². The Labute approximate surface area is 158 Å². The van der Waals surface area contributed by atoms with Crippen LogP contribution < -0.4 is 9.80 Å². The Bertz CT molecular complexity index is 947. The molecule has 6 nitrogen and oxygen atoms in total. The number of hydrogen-bond donors (Lipinski definition) is 0. The molecule has 0 radical (unpaired) electrons. The molecule has 3 aromatic rings. The van der Waals surface area contributed by atoms with Crippen LogP contribution in [-0.2, 0) is 6.54 Å². The van der Waals surface area contributed by atoms with Gasteiger partial charge in [-0.3, -0.25) is 4.79 Å². The maximum absolute atomic E-state index is 13.2. The van der Waals surface area contributed by atoms with E-state index in [2.05, 4.69) is 33.2 Å². The van der Waals surface area contributed by atoms with Crippen LogP contribution in [0.25, 0.3) is 0 Å². The molecular weight excluding hydrogens is 338 g/mol. The molecule has 5 rings (SSSR count). The molecule has 0 unspecified atom stereocenters. The predicted molar refractivity (Wildman–Crippen MR) is 104 cm³/mol. The van der Waals surface area contributed by atoms with Crippen LogP contribution in [0.1, 0.15) is 28.8 Å². The van der Waals surface area contributed by atoms with E-state index in [0.717, 1.165) is 24.3 Å². The number of para-hydroxylation sites is 2. The molecule has 0 saturated heterocycles. The number of hydrogen-bond acceptors (Lipinski definition) is 4. The predicted octanol–water partition coefficient (Wildman–Crippen LogP) is 2.96. The summed E-state index contributed by atoms with van der Waals surface area (Å²) in [7, 11) is 0. The van der Waals surface area contributed by atoms with Crippen LogP contribution in [0.4, 0.5) is 11.4 Å². The maximum Gasteiger partial charge on any atom is 0.258 e. The quantitative estimate of drug-likeness (QED) is 0.719. The Hall–Kier alpha value is -3.15. The van der Waals surface area contributed by atoms with E-state index in [-0.39, 0.29) is 5.91 Å². The Kier molecular flexibility index (Phi) is 3.89. The third kappa shape index (κ3) is 3.07. The zero-order chi connectivity index (χ0) is 18.2. The lowest BCUT2D eigenvalue weighted by Crippen LogP contribution is -2.45. The van der Waals surface area contributed by atoms with Gasteiger partial charge in [-0.25, -0.2) is 9.67 Å². The second-order valence-electron chi connectivity index (χ2n) is 7.16. The molecule has 0 atom stereocenters. The Morgan fingerprint density at radius 3 is 2.48 bits per heavy atom. The van der Waals surface area contributed by atoms with Crippen molar-refractivity contribution in [3.8, 4) is 0 Å².